The van der Waals surface area contributed by atoms with E-state index in [1.54, 1.807) is 0 Å². The predicted molar refractivity (Wildman–Crippen MR) is 32.9 cm³/mol. The highest BCUT2D eigenvalue weighted by Gasteiger charge is 2.26. The minimum absolute atomic E-state index is 0.173. The van der Waals surface area contributed by atoms with Crippen molar-refractivity contribution >= 4 is 6.29 Å². The number of aldehydes is 1. The zero-order valence-corrected chi connectivity index (χ0v) is 5.18. The average molecular weight is 144 g/mol. The quantitative estimate of drug-likeness (QED) is 0.512. The first-order chi connectivity index (χ1) is 4.66. The van der Waals surface area contributed by atoms with Crippen molar-refractivity contribution in [3.8, 4) is 0 Å². The van der Waals surface area contributed by atoms with Gasteiger partial charge in [0.2, 0.25) is 0 Å². The van der Waals surface area contributed by atoms with Crippen LogP contribution < -0.4 is 0 Å². The number of carbonyl (C=O) groups is 1. The van der Waals surface area contributed by atoms with Gasteiger partial charge in [0.15, 0.2) is 12.0 Å². The molecule has 10 heavy (non-hydrogen) atoms. The smallest absolute Gasteiger partial charge is 0.187 e. The largest absolute Gasteiger partial charge is 0.299 e. The third-order valence-electron chi connectivity index (χ3n) is 1.33. The van der Waals surface area contributed by atoms with Crippen LogP contribution in [0, 0.1) is 0 Å². The van der Waals surface area contributed by atoms with Gasteiger partial charge in [0.05, 0.1) is 0 Å². The van der Waals surface area contributed by atoms with Crippen LogP contribution >= 0.6 is 0 Å². The summed E-state index contributed by atoms with van der Waals surface area (Å²) in [7, 11) is 0. The molecule has 0 aliphatic heterocycles. The van der Waals surface area contributed by atoms with E-state index in [9.17, 15) is 13.6 Å². The van der Waals surface area contributed by atoms with E-state index in [1.807, 2.05) is 0 Å². The van der Waals surface area contributed by atoms with Gasteiger partial charge in [-0.1, -0.05) is 0 Å². The van der Waals surface area contributed by atoms with Gasteiger partial charge in [-0.05, 0) is 18.2 Å². The van der Waals surface area contributed by atoms with E-state index in [0.29, 0.717) is 0 Å². The molecule has 1 aliphatic carbocycles. The number of alkyl halides is 1. The molecule has 0 saturated heterocycles. The summed E-state index contributed by atoms with van der Waals surface area (Å²) in [6, 6.07) is 0. The topological polar surface area (TPSA) is 17.1 Å². The molecule has 0 radical (unpaired) electrons. The monoisotopic (exact) mass is 144 g/mol. The van der Waals surface area contributed by atoms with Crippen molar-refractivity contribution in [2.45, 2.75) is 12.1 Å². The summed E-state index contributed by atoms with van der Waals surface area (Å²) in [5.41, 5.74) is -1.98. The highest BCUT2D eigenvalue weighted by atomic mass is 19.1. The molecular formula is C7H6F2O. The summed E-state index contributed by atoms with van der Waals surface area (Å²) in [5, 5.41) is 0. The average Bonchev–Trinajstić information content (AvgIpc) is 1.96. The van der Waals surface area contributed by atoms with Gasteiger partial charge in [-0.25, -0.2) is 8.78 Å². The second-order valence-corrected chi connectivity index (χ2v) is 2.17. The maximum absolute atomic E-state index is 12.8. The molecule has 0 bridgehead atoms. The van der Waals surface area contributed by atoms with Crippen LogP contribution in [-0.2, 0) is 4.79 Å². The van der Waals surface area contributed by atoms with Crippen molar-refractivity contribution < 1.29 is 13.6 Å². The summed E-state index contributed by atoms with van der Waals surface area (Å²) in [5.74, 6) is -0.491. The first-order valence-corrected chi connectivity index (χ1v) is 2.86. The first kappa shape index (κ1) is 7.12. The summed E-state index contributed by atoms with van der Waals surface area (Å²) >= 11 is 0. The second-order valence-electron chi connectivity index (χ2n) is 2.17. The Morgan fingerprint density at radius 3 is 2.80 bits per heavy atom. The van der Waals surface area contributed by atoms with E-state index < -0.39 is 11.5 Å². The van der Waals surface area contributed by atoms with Crippen LogP contribution in [0.3, 0.4) is 0 Å². The molecule has 0 saturated carbocycles. The second kappa shape index (κ2) is 2.33. The van der Waals surface area contributed by atoms with E-state index in [1.165, 1.54) is 0 Å². The van der Waals surface area contributed by atoms with Gasteiger partial charge < -0.3 is 0 Å². The highest BCUT2D eigenvalue weighted by molar-refractivity contribution is 5.67. The molecule has 0 spiro atoms. The van der Waals surface area contributed by atoms with Crippen molar-refractivity contribution in [3.05, 3.63) is 24.1 Å². The number of halogens is 2. The van der Waals surface area contributed by atoms with Gasteiger partial charge in [0.1, 0.15) is 5.83 Å². The third-order valence-corrected chi connectivity index (χ3v) is 1.33. The fraction of sp³-hybridized carbons (Fsp3) is 0.286. The molecule has 3 heteroatoms. The molecule has 1 rings (SSSR count). The van der Waals surface area contributed by atoms with Gasteiger partial charge >= 0.3 is 0 Å². The standard InChI is InChI=1S/C7H6F2O/c8-6-1-3-7(9,5-10)4-2-6/h1-3,5H,4H2. The van der Waals surface area contributed by atoms with Gasteiger partial charge in [0.25, 0.3) is 0 Å². The fourth-order valence-electron chi connectivity index (χ4n) is 0.696. The molecule has 0 fully saturated rings. The lowest BCUT2D eigenvalue weighted by Gasteiger charge is -2.13. The predicted octanol–water partition coefficient (Wildman–Crippen LogP) is 1.71. The van der Waals surface area contributed by atoms with Gasteiger partial charge in [-0.3, -0.25) is 4.79 Å². The lowest BCUT2D eigenvalue weighted by molar-refractivity contribution is -0.115. The van der Waals surface area contributed by atoms with Crippen LogP contribution in [0.25, 0.3) is 0 Å². The summed E-state index contributed by atoms with van der Waals surface area (Å²) < 4.78 is 25.0. The van der Waals surface area contributed by atoms with E-state index >= 15 is 0 Å². The molecule has 54 valence electrons. The van der Waals surface area contributed by atoms with Crippen molar-refractivity contribution in [1.29, 1.82) is 0 Å². The fourth-order valence-corrected chi connectivity index (χ4v) is 0.696. The van der Waals surface area contributed by atoms with Crippen molar-refractivity contribution in [1.82, 2.24) is 0 Å². The Balaban J connectivity index is 2.76. The van der Waals surface area contributed by atoms with Crippen LogP contribution in [0.15, 0.2) is 24.1 Å². The maximum Gasteiger partial charge on any atom is 0.187 e. The van der Waals surface area contributed by atoms with Crippen LogP contribution in [-0.4, -0.2) is 12.0 Å². The van der Waals surface area contributed by atoms with Gasteiger partial charge in [-0.15, -0.1) is 0 Å². The molecule has 0 N–H and O–H groups in total. The molecule has 0 heterocycles. The highest BCUT2D eigenvalue weighted by Crippen LogP contribution is 2.22. The maximum atomic E-state index is 12.8. The molecule has 0 aromatic carbocycles. The summed E-state index contributed by atoms with van der Waals surface area (Å²) in [6.45, 7) is 0. The number of hydrogen-bond donors (Lipinski definition) is 0. The van der Waals surface area contributed by atoms with E-state index in [-0.39, 0.29) is 12.7 Å². The third kappa shape index (κ3) is 1.29. The van der Waals surface area contributed by atoms with E-state index in [0.717, 1.165) is 18.2 Å². The Morgan fingerprint density at radius 2 is 2.40 bits per heavy atom. The SMILES string of the molecule is O=CC1(F)C=CC(F)=CC1. The molecule has 1 atom stereocenters. The van der Waals surface area contributed by atoms with E-state index in [4.69, 9.17) is 0 Å². The Labute approximate surface area is 57.0 Å². The van der Waals surface area contributed by atoms with Crippen LogP contribution in [0.1, 0.15) is 6.42 Å². The number of hydrogen-bond acceptors (Lipinski definition) is 1. The van der Waals surface area contributed by atoms with Gasteiger partial charge in [-0.2, -0.15) is 0 Å². The molecule has 0 aromatic rings. The summed E-state index contributed by atoms with van der Waals surface area (Å²) in [6.07, 6.45) is 2.91. The number of carbonyl (C=O) groups excluding carboxylic acids is 1. The summed E-state index contributed by atoms with van der Waals surface area (Å²) in [4.78, 5) is 10.0. The first-order valence-electron chi connectivity index (χ1n) is 2.86. The zero-order valence-electron chi connectivity index (χ0n) is 5.18. The Morgan fingerprint density at radius 1 is 1.70 bits per heavy atom. The van der Waals surface area contributed by atoms with Crippen molar-refractivity contribution in [2.24, 2.45) is 0 Å². The molecule has 1 aliphatic rings. The lowest BCUT2D eigenvalue weighted by atomic mass is 9.99. The minimum Gasteiger partial charge on any atom is -0.299 e. The molecule has 1 unspecified atom stereocenters. The number of allylic oxidation sites excluding steroid dienone is 4. The molecular weight excluding hydrogens is 138 g/mol. The van der Waals surface area contributed by atoms with Gasteiger partial charge in [0, 0.05) is 6.42 Å². The van der Waals surface area contributed by atoms with Crippen molar-refractivity contribution in [2.75, 3.05) is 0 Å². The van der Waals surface area contributed by atoms with Crippen molar-refractivity contribution in [3.63, 3.8) is 0 Å². The zero-order chi connectivity index (χ0) is 7.61. The minimum atomic E-state index is -1.98. The number of rotatable bonds is 1. The lowest BCUT2D eigenvalue weighted by Crippen LogP contribution is -2.22. The Kier molecular flexibility index (Phi) is 1.66. The van der Waals surface area contributed by atoms with Crippen LogP contribution in [0.5, 0.6) is 0 Å². The molecule has 1 nitrogen and oxygen atoms in total. The normalized spacial score (nSPS) is 31.6. The van der Waals surface area contributed by atoms with Crippen LogP contribution in [0.4, 0.5) is 8.78 Å². The van der Waals surface area contributed by atoms with Crippen LogP contribution in [0.2, 0.25) is 0 Å². The molecule has 0 aromatic heterocycles. The van der Waals surface area contributed by atoms with E-state index in [2.05, 4.69) is 0 Å². The Bertz CT molecular complexity index is 208. The molecule has 0 amide bonds. The Hall–Kier alpha value is -0.990.